The summed E-state index contributed by atoms with van der Waals surface area (Å²) in [7, 11) is 4.04. The monoisotopic (exact) mass is 167 g/mol. The standard InChI is InChI=1S/C9H13NS/c1-7-5-4-6-8(9(7)11)10(2)3/h4-6,11H,1-3H3. The summed E-state index contributed by atoms with van der Waals surface area (Å²) in [5.74, 6) is 0. The number of thiol groups is 1. The van der Waals surface area contributed by atoms with Gasteiger partial charge in [0.25, 0.3) is 0 Å². The molecule has 0 bridgehead atoms. The first kappa shape index (κ1) is 8.47. The van der Waals surface area contributed by atoms with Gasteiger partial charge in [0, 0.05) is 24.7 Å². The highest BCUT2D eigenvalue weighted by Gasteiger charge is 2.01. The molecule has 0 aliphatic rings. The van der Waals surface area contributed by atoms with Gasteiger partial charge >= 0.3 is 0 Å². The Morgan fingerprint density at radius 1 is 1.27 bits per heavy atom. The van der Waals surface area contributed by atoms with Gasteiger partial charge in [-0.05, 0) is 18.6 Å². The summed E-state index contributed by atoms with van der Waals surface area (Å²) in [5, 5.41) is 0. The molecular formula is C9H13NS. The molecule has 1 rings (SSSR count). The summed E-state index contributed by atoms with van der Waals surface area (Å²) in [6, 6.07) is 6.18. The van der Waals surface area contributed by atoms with Crippen molar-refractivity contribution in [2.45, 2.75) is 11.8 Å². The van der Waals surface area contributed by atoms with E-state index in [1.54, 1.807) is 0 Å². The Labute approximate surface area is 73.4 Å². The molecule has 0 radical (unpaired) electrons. The van der Waals surface area contributed by atoms with E-state index >= 15 is 0 Å². The summed E-state index contributed by atoms with van der Waals surface area (Å²) in [4.78, 5) is 3.13. The Hall–Kier alpha value is -0.630. The van der Waals surface area contributed by atoms with Crippen molar-refractivity contribution < 1.29 is 0 Å². The lowest BCUT2D eigenvalue weighted by atomic mass is 10.2. The molecule has 1 aromatic rings. The van der Waals surface area contributed by atoms with E-state index in [1.165, 1.54) is 11.3 Å². The Bertz CT molecular complexity index is 256. The normalized spacial score (nSPS) is 9.82. The molecule has 0 saturated carbocycles. The molecule has 11 heavy (non-hydrogen) atoms. The molecule has 0 heterocycles. The van der Waals surface area contributed by atoms with Crippen molar-refractivity contribution in [2.75, 3.05) is 19.0 Å². The van der Waals surface area contributed by atoms with Crippen LogP contribution in [0.15, 0.2) is 23.1 Å². The molecule has 0 atom stereocenters. The molecule has 0 aliphatic heterocycles. The predicted molar refractivity (Wildman–Crippen MR) is 52.8 cm³/mol. The van der Waals surface area contributed by atoms with Crippen molar-refractivity contribution in [3.63, 3.8) is 0 Å². The number of benzene rings is 1. The Balaban J connectivity index is 3.17. The van der Waals surface area contributed by atoms with E-state index in [4.69, 9.17) is 0 Å². The maximum absolute atomic E-state index is 4.41. The third-order valence-corrected chi connectivity index (χ3v) is 2.28. The third kappa shape index (κ3) is 1.69. The first-order valence-electron chi connectivity index (χ1n) is 3.59. The fourth-order valence-corrected chi connectivity index (χ4v) is 1.35. The number of hydrogen-bond donors (Lipinski definition) is 1. The van der Waals surface area contributed by atoms with Gasteiger partial charge in [0.1, 0.15) is 0 Å². The van der Waals surface area contributed by atoms with Gasteiger partial charge in [-0.2, -0.15) is 0 Å². The van der Waals surface area contributed by atoms with E-state index in [9.17, 15) is 0 Å². The lowest BCUT2D eigenvalue weighted by molar-refractivity contribution is 1.09. The summed E-state index contributed by atoms with van der Waals surface area (Å²) >= 11 is 4.41. The molecule has 0 aliphatic carbocycles. The van der Waals surface area contributed by atoms with E-state index in [0.29, 0.717) is 0 Å². The van der Waals surface area contributed by atoms with Gasteiger partial charge < -0.3 is 4.90 Å². The number of anilines is 1. The van der Waals surface area contributed by atoms with Gasteiger partial charge in [-0.25, -0.2) is 0 Å². The molecule has 1 nitrogen and oxygen atoms in total. The summed E-state index contributed by atoms with van der Waals surface area (Å²) in [6.45, 7) is 2.06. The van der Waals surface area contributed by atoms with Gasteiger partial charge in [0.05, 0.1) is 0 Å². The SMILES string of the molecule is Cc1cccc(N(C)C)c1S. The Morgan fingerprint density at radius 3 is 2.36 bits per heavy atom. The highest BCUT2D eigenvalue weighted by molar-refractivity contribution is 7.80. The van der Waals surface area contributed by atoms with Crippen molar-refractivity contribution >= 4 is 18.3 Å². The summed E-state index contributed by atoms with van der Waals surface area (Å²) in [5.41, 5.74) is 2.40. The molecule has 1 aromatic carbocycles. The predicted octanol–water partition coefficient (Wildman–Crippen LogP) is 2.35. The highest BCUT2D eigenvalue weighted by Crippen LogP contribution is 2.24. The average Bonchev–Trinajstić information content (AvgIpc) is 1.94. The second kappa shape index (κ2) is 3.18. The molecule has 0 aromatic heterocycles. The minimum absolute atomic E-state index is 1.07. The van der Waals surface area contributed by atoms with Gasteiger partial charge in [-0.1, -0.05) is 12.1 Å². The van der Waals surface area contributed by atoms with Crippen LogP contribution < -0.4 is 4.90 Å². The van der Waals surface area contributed by atoms with Crippen LogP contribution in [0.3, 0.4) is 0 Å². The maximum Gasteiger partial charge on any atom is 0.0499 e. The van der Waals surface area contributed by atoms with Gasteiger partial charge in [-0.3, -0.25) is 0 Å². The average molecular weight is 167 g/mol. The largest absolute Gasteiger partial charge is 0.377 e. The zero-order valence-corrected chi connectivity index (χ0v) is 8.02. The lowest BCUT2D eigenvalue weighted by Crippen LogP contribution is -2.09. The van der Waals surface area contributed by atoms with Crippen LogP contribution in [0.1, 0.15) is 5.56 Å². The zero-order chi connectivity index (χ0) is 8.43. The number of hydrogen-bond acceptors (Lipinski definition) is 2. The summed E-state index contributed by atoms with van der Waals surface area (Å²) < 4.78 is 0. The molecule has 0 unspecified atom stereocenters. The number of nitrogens with zero attached hydrogens (tertiary/aromatic N) is 1. The van der Waals surface area contributed by atoms with Crippen molar-refractivity contribution in [3.05, 3.63) is 23.8 Å². The van der Waals surface area contributed by atoms with Crippen molar-refractivity contribution in [3.8, 4) is 0 Å². The second-order valence-corrected chi connectivity index (χ2v) is 3.28. The smallest absolute Gasteiger partial charge is 0.0499 e. The van der Waals surface area contributed by atoms with Crippen LogP contribution in [0, 0.1) is 6.92 Å². The molecule has 0 saturated heterocycles. The van der Waals surface area contributed by atoms with Crippen molar-refractivity contribution in [1.82, 2.24) is 0 Å². The van der Waals surface area contributed by atoms with E-state index in [-0.39, 0.29) is 0 Å². The molecule has 0 N–H and O–H groups in total. The quantitative estimate of drug-likeness (QED) is 0.628. The molecule has 0 spiro atoms. The van der Waals surface area contributed by atoms with Crippen molar-refractivity contribution in [1.29, 1.82) is 0 Å². The van der Waals surface area contributed by atoms with E-state index in [0.717, 1.165) is 4.90 Å². The van der Waals surface area contributed by atoms with Gasteiger partial charge in [-0.15, -0.1) is 12.6 Å². The van der Waals surface area contributed by atoms with E-state index in [2.05, 4.69) is 36.6 Å². The molecule has 0 fully saturated rings. The molecule has 60 valence electrons. The van der Waals surface area contributed by atoms with Crippen molar-refractivity contribution in [2.24, 2.45) is 0 Å². The Morgan fingerprint density at radius 2 is 1.91 bits per heavy atom. The second-order valence-electron chi connectivity index (χ2n) is 2.84. The third-order valence-electron chi connectivity index (χ3n) is 1.70. The topological polar surface area (TPSA) is 3.24 Å². The fourth-order valence-electron chi connectivity index (χ4n) is 1.00. The first-order chi connectivity index (χ1) is 5.13. The van der Waals surface area contributed by atoms with Crippen LogP contribution in [0.25, 0.3) is 0 Å². The van der Waals surface area contributed by atoms with Crippen LogP contribution in [-0.2, 0) is 0 Å². The van der Waals surface area contributed by atoms with Crippen LogP contribution in [-0.4, -0.2) is 14.1 Å². The molecule has 0 amide bonds. The number of rotatable bonds is 1. The van der Waals surface area contributed by atoms with Gasteiger partial charge in [0.2, 0.25) is 0 Å². The van der Waals surface area contributed by atoms with E-state index in [1.807, 2.05) is 20.2 Å². The molecule has 2 heteroatoms. The van der Waals surface area contributed by atoms with Crippen LogP contribution in [0.2, 0.25) is 0 Å². The van der Waals surface area contributed by atoms with Crippen LogP contribution >= 0.6 is 12.6 Å². The lowest BCUT2D eigenvalue weighted by Gasteiger charge is -2.15. The first-order valence-corrected chi connectivity index (χ1v) is 4.03. The van der Waals surface area contributed by atoms with Crippen LogP contribution in [0.4, 0.5) is 5.69 Å². The minimum atomic E-state index is 1.07. The van der Waals surface area contributed by atoms with Gasteiger partial charge in [0.15, 0.2) is 0 Å². The summed E-state index contributed by atoms with van der Waals surface area (Å²) in [6.07, 6.45) is 0. The highest BCUT2D eigenvalue weighted by atomic mass is 32.1. The Kier molecular flexibility index (Phi) is 2.45. The number of aryl methyl sites for hydroxylation is 1. The molecular weight excluding hydrogens is 154 g/mol. The zero-order valence-electron chi connectivity index (χ0n) is 7.13. The maximum atomic E-state index is 4.41. The van der Waals surface area contributed by atoms with E-state index < -0.39 is 0 Å². The minimum Gasteiger partial charge on any atom is -0.377 e. The fraction of sp³-hybridized carbons (Fsp3) is 0.333. The van der Waals surface area contributed by atoms with Crippen LogP contribution in [0.5, 0.6) is 0 Å².